The molecule has 1 aliphatic rings. The average Bonchev–Trinajstić information content (AvgIpc) is 2.72. The molecular weight excluding hydrogens is 292 g/mol. The third kappa shape index (κ3) is 5.58. The zero-order valence-electron chi connectivity index (χ0n) is 14.2. The molecule has 0 atom stereocenters. The van der Waals surface area contributed by atoms with Crippen LogP contribution in [0.3, 0.4) is 0 Å². The molecule has 0 unspecified atom stereocenters. The molecule has 5 nitrogen and oxygen atoms in total. The number of ether oxygens (including phenoxy) is 1. The summed E-state index contributed by atoms with van der Waals surface area (Å²) in [4.78, 5) is 28.1. The number of hydrogen-bond donors (Lipinski definition) is 0. The van der Waals surface area contributed by atoms with Crippen molar-refractivity contribution >= 4 is 12.0 Å². The molecular formula is C18H26N2O3. The standard InChI is InChI=1S/C18H26N2O3/c1-18(2,3)14-16(21)19-10-7-11-20(13-12-19)17(22)23-15-8-5-4-6-9-15/h4-6,8-9H,7,10-14H2,1-3H3. The molecule has 0 radical (unpaired) electrons. The second kappa shape index (κ2) is 7.49. The fraction of sp³-hybridized carbons (Fsp3) is 0.556. The Hall–Kier alpha value is -2.04. The smallest absolute Gasteiger partial charge is 0.410 e. The summed E-state index contributed by atoms with van der Waals surface area (Å²) in [5, 5.41) is 0. The Labute approximate surface area is 138 Å². The van der Waals surface area contributed by atoms with Gasteiger partial charge >= 0.3 is 6.09 Å². The molecule has 0 saturated carbocycles. The summed E-state index contributed by atoms with van der Waals surface area (Å²) < 4.78 is 5.37. The van der Waals surface area contributed by atoms with E-state index in [1.165, 1.54) is 0 Å². The van der Waals surface area contributed by atoms with Crippen LogP contribution in [-0.2, 0) is 4.79 Å². The van der Waals surface area contributed by atoms with Gasteiger partial charge in [-0.1, -0.05) is 39.0 Å². The van der Waals surface area contributed by atoms with E-state index >= 15 is 0 Å². The molecule has 0 N–H and O–H groups in total. The van der Waals surface area contributed by atoms with Gasteiger partial charge in [-0.25, -0.2) is 4.79 Å². The molecule has 1 aliphatic heterocycles. The molecule has 1 heterocycles. The Morgan fingerprint density at radius 2 is 1.61 bits per heavy atom. The zero-order valence-corrected chi connectivity index (χ0v) is 14.2. The summed E-state index contributed by atoms with van der Waals surface area (Å²) in [7, 11) is 0. The van der Waals surface area contributed by atoms with Gasteiger partial charge < -0.3 is 14.5 Å². The van der Waals surface area contributed by atoms with Crippen molar-refractivity contribution in [2.45, 2.75) is 33.6 Å². The van der Waals surface area contributed by atoms with Crippen LogP contribution >= 0.6 is 0 Å². The van der Waals surface area contributed by atoms with Gasteiger partial charge in [0, 0.05) is 32.6 Å². The molecule has 0 aliphatic carbocycles. The predicted molar refractivity (Wildman–Crippen MR) is 89.3 cm³/mol. The topological polar surface area (TPSA) is 49.9 Å². The van der Waals surface area contributed by atoms with Gasteiger partial charge in [0.25, 0.3) is 0 Å². The van der Waals surface area contributed by atoms with E-state index in [0.717, 1.165) is 6.42 Å². The molecule has 0 aromatic heterocycles. The Kier molecular flexibility index (Phi) is 5.64. The number of carbonyl (C=O) groups excluding carboxylic acids is 2. The van der Waals surface area contributed by atoms with Crippen LogP contribution in [0, 0.1) is 5.41 Å². The number of hydrogen-bond acceptors (Lipinski definition) is 3. The van der Waals surface area contributed by atoms with Crippen molar-refractivity contribution in [3.63, 3.8) is 0 Å². The summed E-state index contributed by atoms with van der Waals surface area (Å²) in [6.07, 6.45) is 0.961. The Morgan fingerprint density at radius 3 is 2.26 bits per heavy atom. The van der Waals surface area contributed by atoms with E-state index in [0.29, 0.717) is 38.3 Å². The molecule has 23 heavy (non-hydrogen) atoms. The molecule has 126 valence electrons. The number of carbonyl (C=O) groups is 2. The van der Waals surface area contributed by atoms with Crippen LogP contribution in [0.2, 0.25) is 0 Å². The van der Waals surface area contributed by atoms with Gasteiger partial charge in [0.1, 0.15) is 5.75 Å². The molecule has 1 aromatic rings. The molecule has 1 aromatic carbocycles. The average molecular weight is 318 g/mol. The van der Waals surface area contributed by atoms with Crippen molar-refractivity contribution in [3.05, 3.63) is 30.3 Å². The normalized spacial score (nSPS) is 16.0. The molecule has 5 heteroatoms. The van der Waals surface area contributed by atoms with Crippen molar-refractivity contribution in [1.29, 1.82) is 0 Å². The van der Waals surface area contributed by atoms with E-state index in [2.05, 4.69) is 20.8 Å². The molecule has 1 fully saturated rings. The highest BCUT2D eigenvalue weighted by atomic mass is 16.6. The zero-order chi connectivity index (χ0) is 16.9. The quantitative estimate of drug-likeness (QED) is 0.841. The fourth-order valence-corrected chi connectivity index (χ4v) is 2.57. The van der Waals surface area contributed by atoms with E-state index in [1.807, 2.05) is 23.1 Å². The maximum Gasteiger partial charge on any atom is 0.415 e. The maximum absolute atomic E-state index is 12.3. The van der Waals surface area contributed by atoms with Crippen molar-refractivity contribution in [2.24, 2.45) is 5.41 Å². The van der Waals surface area contributed by atoms with Crippen molar-refractivity contribution in [3.8, 4) is 5.75 Å². The van der Waals surface area contributed by atoms with Gasteiger partial charge in [-0.3, -0.25) is 4.79 Å². The monoisotopic (exact) mass is 318 g/mol. The van der Waals surface area contributed by atoms with Crippen LogP contribution in [0.1, 0.15) is 33.6 Å². The number of amides is 2. The number of benzene rings is 1. The van der Waals surface area contributed by atoms with Crippen molar-refractivity contribution in [1.82, 2.24) is 9.80 Å². The minimum Gasteiger partial charge on any atom is -0.410 e. The van der Waals surface area contributed by atoms with Gasteiger partial charge in [-0.05, 0) is 24.0 Å². The SMILES string of the molecule is CC(C)(C)CC(=O)N1CCCN(C(=O)Oc2ccccc2)CC1. The van der Waals surface area contributed by atoms with E-state index in [1.54, 1.807) is 17.0 Å². The van der Waals surface area contributed by atoms with Crippen LogP contribution in [0.4, 0.5) is 4.79 Å². The van der Waals surface area contributed by atoms with Gasteiger partial charge in [0.15, 0.2) is 0 Å². The van der Waals surface area contributed by atoms with E-state index in [9.17, 15) is 9.59 Å². The van der Waals surface area contributed by atoms with Gasteiger partial charge in [-0.2, -0.15) is 0 Å². The molecule has 0 spiro atoms. The van der Waals surface area contributed by atoms with Gasteiger partial charge in [0.05, 0.1) is 0 Å². The molecule has 0 bridgehead atoms. The predicted octanol–water partition coefficient (Wildman–Crippen LogP) is 3.16. The first-order valence-corrected chi connectivity index (χ1v) is 8.15. The summed E-state index contributed by atoms with van der Waals surface area (Å²) >= 11 is 0. The highest BCUT2D eigenvalue weighted by molar-refractivity contribution is 5.77. The highest BCUT2D eigenvalue weighted by Crippen LogP contribution is 2.20. The number of para-hydroxylation sites is 1. The Bertz CT molecular complexity index is 537. The third-order valence-electron chi connectivity index (χ3n) is 3.74. The second-order valence-corrected chi connectivity index (χ2v) is 7.14. The van der Waals surface area contributed by atoms with Crippen LogP contribution in [0.15, 0.2) is 30.3 Å². The van der Waals surface area contributed by atoms with Crippen LogP contribution in [-0.4, -0.2) is 48.0 Å². The lowest BCUT2D eigenvalue weighted by molar-refractivity contribution is -0.132. The summed E-state index contributed by atoms with van der Waals surface area (Å²) in [5.41, 5.74) is -0.0185. The summed E-state index contributed by atoms with van der Waals surface area (Å²) in [6, 6.07) is 9.06. The lowest BCUT2D eigenvalue weighted by Crippen LogP contribution is -2.39. The maximum atomic E-state index is 12.3. The molecule has 2 amide bonds. The van der Waals surface area contributed by atoms with Crippen LogP contribution in [0.25, 0.3) is 0 Å². The lowest BCUT2D eigenvalue weighted by atomic mass is 9.91. The summed E-state index contributed by atoms with van der Waals surface area (Å²) in [6.45, 7) is 8.58. The number of rotatable bonds is 2. The Balaban J connectivity index is 1.88. The minimum absolute atomic E-state index is 0.0185. The van der Waals surface area contributed by atoms with E-state index in [4.69, 9.17) is 4.74 Å². The summed E-state index contributed by atoms with van der Waals surface area (Å²) in [5.74, 6) is 0.707. The van der Waals surface area contributed by atoms with Crippen LogP contribution in [0.5, 0.6) is 5.75 Å². The van der Waals surface area contributed by atoms with Gasteiger partial charge in [-0.15, -0.1) is 0 Å². The Morgan fingerprint density at radius 1 is 1.00 bits per heavy atom. The second-order valence-electron chi connectivity index (χ2n) is 7.14. The van der Waals surface area contributed by atoms with Crippen LogP contribution < -0.4 is 4.74 Å². The first-order chi connectivity index (χ1) is 10.8. The third-order valence-corrected chi connectivity index (χ3v) is 3.74. The minimum atomic E-state index is -0.346. The first kappa shape index (κ1) is 17.3. The molecule has 2 rings (SSSR count). The van der Waals surface area contributed by atoms with Crippen molar-refractivity contribution in [2.75, 3.05) is 26.2 Å². The largest absolute Gasteiger partial charge is 0.415 e. The molecule has 1 saturated heterocycles. The lowest BCUT2D eigenvalue weighted by Gasteiger charge is -2.25. The van der Waals surface area contributed by atoms with Gasteiger partial charge in [0.2, 0.25) is 5.91 Å². The fourth-order valence-electron chi connectivity index (χ4n) is 2.57. The highest BCUT2D eigenvalue weighted by Gasteiger charge is 2.25. The number of nitrogens with zero attached hydrogens (tertiary/aromatic N) is 2. The van der Waals surface area contributed by atoms with E-state index in [-0.39, 0.29) is 17.4 Å². The van der Waals surface area contributed by atoms with Crippen molar-refractivity contribution < 1.29 is 14.3 Å². The van der Waals surface area contributed by atoms with E-state index < -0.39 is 0 Å². The first-order valence-electron chi connectivity index (χ1n) is 8.15.